The molecule has 0 aliphatic heterocycles. The minimum absolute atomic E-state index is 0.242. The van der Waals surface area contributed by atoms with Crippen LogP contribution in [0.1, 0.15) is 21.5 Å². The summed E-state index contributed by atoms with van der Waals surface area (Å²) in [6.45, 7) is 0.813. The smallest absolute Gasteiger partial charge is 0.258 e. The largest absolute Gasteiger partial charge is 0.496 e. The van der Waals surface area contributed by atoms with Gasteiger partial charge in [-0.1, -0.05) is 60.7 Å². The molecule has 0 atom stereocenters. The average molecular weight is 439 g/mol. The van der Waals surface area contributed by atoms with Crippen LogP contribution in [0.5, 0.6) is 5.75 Å². The number of carbonyl (C=O) groups is 1. The molecule has 0 aromatic heterocycles. The van der Waals surface area contributed by atoms with Crippen molar-refractivity contribution in [1.82, 2.24) is 4.90 Å². The first-order valence-electron chi connectivity index (χ1n) is 9.78. The Hall–Kier alpha value is -3.32. The van der Waals surface area contributed by atoms with Crippen LogP contribution in [0.2, 0.25) is 0 Å². The van der Waals surface area contributed by atoms with Crippen LogP contribution >= 0.6 is 0 Å². The zero-order chi connectivity index (χ0) is 22.4. The number of benzene rings is 3. The summed E-state index contributed by atoms with van der Waals surface area (Å²) in [6, 6.07) is 24.3. The van der Waals surface area contributed by atoms with E-state index in [0.29, 0.717) is 30.1 Å². The van der Waals surface area contributed by atoms with Crippen LogP contribution in [0.25, 0.3) is 0 Å². The molecule has 6 nitrogen and oxygen atoms in total. The Balaban J connectivity index is 2.01. The Morgan fingerprint density at radius 3 is 1.84 bits per heavy atom. The van der Waals surface area contributed by atoms with Gasteiger partial charge in [0, 0.05) is 20.1 Å². The molecule has 3 rings (SSSR count). The molecule has 0 saturated heterocycles. The van der Waals surface area contributed by atoms with E-state index in [2.05, 4.69) is 0 Å². The monoisotopic (exact) mass is 438 g/mol. The molecule has 162 valence electrons. The van der Waals surface area contributed by atoms with E-state index in [9.17, 15) is 13.2 Å². The lowest BCUT2D eigenvalue weighted by Crippen LogP contribution is -2.31. The minimum Gasteiger partial charge on any atom is -0.496 e. The van der Waals surface area contributed by atoms with Gasteiger partial charge in [0.15, 0.2) is 0 Å². The molecule has 1 amide bonds. The van der Waals surface area contributed by atoms with E-state index >= 15 is 0 Å². The Bertz CT molecular complexity index is 1090. The molecule has 0 heterocycles. The van der Waals surface area contributed by atoms with Gasteiger partial charge in [-0.25, -0.2) is 8.42 Å². The van der Waals surface area contributed by atoms with Crippen molar-refractivity contribution in [3.63, 3.8) is 0 Å². The predicted octanol–water partition coefficient (Wildman–Crippen LogP) is 3.93. The maximum Gasteiger partial charge on any atom is 0.258 e. The molecule has 0 bridgehead atoms. The molecule has 0 spiro atoms. The first-order valence-corrected chi connectivity index (χ1v) is 11.6. The topological polar surface area (TPSA) is 66.9 Å². The molecule has 0 saturated carbocycles. The number of carbonyl (C=O) groups excluding carboxylic acids is 1. The van der Waals surface area contributed by atoms with Crippen molar-refractivity contribution in [2.45, 2.75) is 13.1 Å². The Morgan fingerprint density at radius 2 is 1.39 bits per heavy atom. The second-order valence-corrected chi connectivity index (χ2v) is 9.26. The third-order valence-corrected chi connectivity index (χ3v) is 6.20. The quantitative estimate of drug-likeness (QED) is 0.534. The molecule has 7 heteroatoms. The molecule has 0 N–H and O–H groups in total. The fourth-order valence-electron chi connectivity index (χ4n) is 3.23. The zero-order valence-electron chi connectivity index (χ0n) is 17.9. The summed E-state index contributed by atoms with van der Waals surface area (Å²) in [5.74, 6) is 0.148. The van der Waals surface area contributed by atoms with Crippen molar-refractivity contribution in [3.8, 4) is 5.75 Å². The number of amides is 1. The minimum atomic E-state index is -3.47. The van der Waals surface area contributed by atoms with Crippen LogP contribution in [-0.2, 0) is 23.1 Å². The van der Waals surface area contributed by atoms with Crippen LogP contribution in [0.15, 0.2) is 78.9 Å². The van der Waals surface area contributed by atoms with Gasteiger partial charge in [-0.2, -0.15) is 0 Å². The van der Waals surface area contributed by atoms with E-state index in [1.807, 2.05) is 60.7 Å². The third-order valence-electron chi connectivity index (χ3n) is 4.99. The molecule has 0 fully saturated rings. The van der Waals surface area contributed by atoms with Gasteiger partial charge in [0.1, 0.15) is 5.75 Å². The molecule has 0 radical (unpaired) electrons. The van der Waals surface area contributed by atoms with Crippen molar-refractivity contribution in [1.29, 1.82) is 0 Å². The predicted molar refractivity (Wildman–Crippen MR) is 123 cm³/mol. The summed E-state index contributed by atoms with van der Waals surface area (Å²) in [4.78, 5) is 15.4. The van der Waals surface area contributed by atoms with Crippen molar-refractivity contribution in [3.05, 3.63) is 95.6 Å². The number of rotatable bonds is 8. The molecule has 0 aliphatic carbocycles. The van der Waals surface area contributed by atoms with Gasteiger partial charge in [0.25, 0.3) is 5.91 Å². The van der Waals surface area contributed by atoms with Gasteiger partial charge < -0.3 is 9.64 Å². The van der Waals surface area contributed by atoms with Gasteiger partial charge in [-0.15, -0.1) is 0 Å². The van der Waals surface area contributed by atoms with E-state index in [4.69, 9.17) is 4.74 Å². The van der Waals surface area contributed by atoms with Gasteiger partial charge >= 0.3 is 0 Å². The lowest BCUT2D eigenvalue weighted by molar-refractivity contribution is 0.0726. The number of ether oxygens (including phenoxy) is 1. The zero-order valence-corrected chi connectivity index (χ0v) is 18.7. The van der Waals surface area contributed by atoms with Crippen molar-refractivity contribution in [2.24, 2.45) is 0 Å². The average Bonchev–Trinajstić information content (AvgIpc) is 2.78. The van der Waals surface area contributed by atoms with Crippen LogP contribution in [0.4, 0.5) is 5.69 Å². The van der Waals surface area contributed by atoms with Crippen LogP contribution in [0.3, 0.4) is 0 Å². The fourth-order valence-corrected chi connectivity index (χ4v) is 3.72. The number of anilines is 1. The molecular weight excluding hydrogens is 412 g/mol. The molecule has 31 heavy (non-hydrogen) atoms. The summed E-state index contributed by atoms with van der Waals surface area (Å²) in [6.07, 6.45) is 1.12. The number of nitrogens with zero attached hydrogens (tertiary/aromatic N) is 2. The Kier molecular flexibility index (Phi) is 6.97. The van der Waals surface area contributed by atoms with E-state index in [1.165, 1.54) is 14.2 Å². The second-order valence-electron chi connectivity index (χ2n) is 7.25. The van der Waals surface area contributed by atoms with E-state index in [-0.39, 0.29) is 5.91 Å². The van der Waals surface area contributed by atoms with Gasteiger partial charge in [0.2, 0.25) is 10.0 Å². The summed E-state index contributed by atoms with van der Waals surface area (Å²) in [5.41, 5.74) is 2.69. The second kappa shape index (κ2) is 9.66. The third kappa shape index (κ3) is 5.64. The van der Waals surface area contributed by atoms with Gasteiger partial charge in [-0.3, -0.25) is 9.10 Å². The van der Waals surface area contributed by atoms with Crippen LogP contribution in [-0.4, -0.2) is 39.6 Å². The Morgan fingerprint density at radius 1 is 0.871 bits per heavy atom. The highest BCUT2D eigenvalue weighted by Crippen LogP contribution is 2.28. The number of hydrogen-bond acceptors (Lipinski definition) is 4. The van der Waals surface area contributed by atoms with Crippen molar-refractivity contribution < 1.29 is 17.9 Å². The van der Waals surface area contributed by atoms with Crippen molar-refractivity contribution in [2.75, 3.05) is 24.7 Å². The first-order chi connectivity index (χ1) is 14.8. The van der Waals surface area contributed by atoms with Gasteiger partial charge in [0.05, 0.1) is 24.6 Å². The van der Waals surface area contributed by atoms with Gasteiger partial charge in [-0.05, 0) is 29.3 Å². The summed E-state index contributed by atoms with van der Waals surface area (Å²) < 4.78 is 30.5. The Labute approximate surface area is 183 Å². The number of methoxy groups -OCH3 is 1. The molecule has 3 aromatic rings. The maximum atomic E-state index is 13.6. The number of hydrogen-bond donors (Lipinski definition) is 0. The maximum absolute atomic E-state index is 13.6. The van der Waals surface area contributed by atoms with E-state index < -0.39 is 10.0 Å². The fraction of sp³-hybridized carbons (Fsp3) is 0.208. The lowest BCUT2D eigenvalue weighted by atomic mass is 10.1. The van der Waals surface area contributed by atoms with Crippen LogP contribution < -0.4 is 9.04 Å². The van der Waals surface area contributed by atoms with E-state index in [1.54, 1.807) is 23.1 Å². The lowest BCUT2D eigenvalue weighted by Gasteiger charge is -2.25. The molecular formula is C24H26N2O4S. The highest BCUT2D eigenvalue weighted by atomic mass is 32.2. The van der Waals surface area contributed by atoms with Crippen molar-refractivity contribution >= 4 is 21.6 Å². The van der Waals surface area contributed by atoms with E-state index in [0.717, 1.165) is 21.7 Å². The highest BCUT2D eigenvalue weighted by molar-refractivity contribution is 7.92. The SMILES string of the molecule is COc1ccc(N(C)S(C)(=O)=O)cc1C(=O)N(Cc1ccccc1)Cc1ccccc1. The van der Waals surface area contributed by atoms with Crippen LogP contribution in [0, 0.1) is 0 Å². The molecule has 0 aliphatic rings. The summed E-state index contributed by atoms with van der Waals surface area (Å²) in [5, 5.41) is 0. The standard InChI is InChI=1S/C24H26N2O4S/c1-25(31(3,28)29)21-14-15-23(30-2)22(16-21)24(27)26(17-19-10-6-4-7-11-19)18-20-12-8-5-9-13-20/h4-16H,17-18H2,1-3H3. The molecule has 0 unspecified atom stereocenters. The normalized spacial score (nSPS) is 11.1. The summed E-state index contributed by atoms with van der Waals surface area (Å²) >= 11 is 0. The highest BCUT2D eigenvalue weighted by Gasteiger charge is 2.23. The summed E-state index contributed by atoms with van der Waals surface area (Å²) in [7, 11) is -0.521. The first kappa shape index (κ1) is 22.4. The molecule has 3 aromatic carbocycles. The number of sulfonamides is 1.